The first-order valence-corrected chi connectivity index (χ1v) is 6.74. The Morgan fingerprint density at radius 2 is 2.00 bits per heavy atom. The molecule has 24 heavy (non-hydrogen) atoms. The molecule has 0 aliphatic carbocycles. The molecule has 0 radical (unpaired) electrons. The van der Waals surface area contributed by atoms with Gasteiger partial charge in [0, 0.05) is 13.1 Å². The first-order chi connectivity index (χ1) is 11.3. The minimum absolute atomic E-state index is 0.147. The lowest BCUT2D eigenvalue weighted by molar-refractivity contribution is -0.149. The number of halogens is 2. The SMILES string of the molecule is CN1CC(=O)N(CC(=O)OCC(=O)Nc2cc(F)ccc2F)C1=O. The van der Waals surface area contributed by atoms with E-state index in [-0.39, 0.29) is 6.54 Å². The van der Waals surface area contributed by atoms with Gasteiger partial charge in [-0.25, -0.2) is 13.6 Å². The van der Waals surface area contributed by atoms with Gasteiger partial charge in [-0.3, -0.25) is 19.3 Å². The highest BCUT2D eigenvalue weighted by atomic mass is 19.1. The van der Waals surface area contributed by atoms with Crippen LogP contribution in [0.5, 0.6) is 0 Å². The van der Waals surface area contributed by atoms with Crippen LogP contribution in [0.15, 0.2) is 18.2 Å². The van der Waals surface area contributed by atoms with Gasteiger partial charge >= 0.3 is 12.0 Å². The van der Waals surface area contributed by atoms with Crippen molar-refractivity contribution in [3.63, 3.8) is 0 Å². The van der Waals surface area contributed by atoms with E-state index in [1.54, 1.807) is 0 Å². The van der Waals surface area contributed by atoms with E-state index in [4.69, 9.17) is 0 Å². The van der Waals surface area contributed by atoms with Gasteiger partial charge in [0.05, 0.1) is 5.69 Å². The monoisotopic (exact) mass is 341 g/mol. The summed E-state index contributed by atoms with van der Waals surface area (Å²) in [4.78, 5) is 48.0. The van der Waals surface area contributed by atoms with Gasteiger partial charge < -0.3 is 15.0 Å². The second-order valence-electron chi connectivity index (χ2n) is 4.95. The van der Waals surface area contributed by atoms with Gasteiger partial charge in [0.1, 0.15) is 24.7 Å². The number of hydrogen-bond acceptors (Lipinski definition) is 5. The first kappa shape index (κ1) is 17.3. The van der Waals surface area contributed by atoms with Crippen molar-refractivity contribution in [2.24, 2.45) is 0 Å². The number of carbonyl (C=O) groups excluding carboxylic acids is 4. The van der Waals surface area contributed by atoms with E-state index in [1.807, 2.05) is 5.32 Å². The zero-order valence-corrected chi connectivity index (χ0v) is 12.5. The summed E-state index contributed by atoms with van der Waals surface area (Å²) in [5.41, 5.74) is -0.400. The topological polar surface area (TPSA) is 96.0 Å². The molecule has 4 amide bonds. The van der Waals surface area contributed by atoms with Crippen molar-refractivity contribution in [3.05, 3.63) is 29.8 Å². The normalized spacial score (nSPS) is 14.1. The summed E-state index contributed by atoms with van der Waals surface area (Å²) in [6.07, 6.45) is 0. The number of ether oxygens (including phenoxy) is 1. The molecule has 0 atom stereocenters. The zero-order chi connectivity index (χ0) is 17.9. The van der Waals surface area contributed by atoms with Crippen LogP contribution in [0.1, 0.15) is 0 Å². The van der Waals surface area contributed by atoms with Gasteiger partial charge in [-0.15, -0.1) is 0 Å². The molecule has 2 rings (SSSR count). The van der Waals surface area contributed by atoms with E-state index >= 15 is 0 Å². The van der Waals surface area contributed by atoms with Crippen molar-refractivity contribution in [2.45, 2.75) is 0 Å². The lowest BCUT2D eigenvalue weighted by Crippen LogP contribution is -2.37. The highest BCUT2D eigenvalue weighted by molar-refractivity contribution is 6.04. The average Bonchev–Trinajstić information content (AvgIpc) is 2.75. The molecule has 10 heteroatoms. The Balaban J connectivity index is 1.83. The van der Waals surface area contributed by atoms with Crippen molar-refractivity contribution in [2.75, 3.05) is 32.1 Å². The summed E-state index contributed by atoms with van der Waals surface area (Å²) < 4.78 is 30.9. The van der Waals surface area contributed by atoms with Crippen LogP contribution >= 0.6 is 0 Å². The Labute approximate surface area is 135 Å². The van der Waals surface area contributed by atoms with Crippen LogP contribution in [0.4, 0.5) is 19.3 Å². The predicted molar refractivity (Wildman–Crippen MR) is 75.7 cm³/mol. The third kappa shape index (κ3) is 4.03. The Morgan fingerprint density at radius 3 is 2.62 bits per heavy atom. The van der Waals surface area contributed by atoms with E-state index in [1.165, 1.54) is 7.05 Å². The van der Waals surface area contributed by atoms with E-state index in [9.17, 15) is 28.0 Å². The molecular formula is C14H13F2N3O5. The highest BCUT2D eigenvalue weighted by Crippen LogP contribution is 2.15. The number of urea groups is 1. The Kier molecular flexibility index (Phi) is 5.07. The summed E-state index contributed by atoms with van der Waals surface area (Å²) in [6.45, 7) is -1.56. The number of anilines is 1. The maximum Gasteiger partial charge on any atom is 0.327 e. The van der Waals surface area contributed by atoms with Gasteiger partial charge in [-0.05, 0) is 12.1 Å². The number of benzene rings is 1. The Hall–Kier alpha value is -3.04. The van der Waals surface area contributed by atoms with E-state index in [2.05, 4.69) is 4.74 Å². The Bertz CT molecular complexity index is 710. The molecule has 1 aromatic rings. The molecule has 1 aliphatic heterocycles. The van der Waals surface area contributed by atoms with Crippen LogP contribution in [0.3, 0.4) is 0 Å². The quantitative estimate of drug-likeness (QED) is 0.615. The molecule has 1 fully saturated rings. The number of likely N-dealkylation sites (N-methyl/N-ethyl adjacent to an activating group) is 1. The number of esters is 1. The molecule has 8 nitrogen and oxygen atoms in total. The number of hydrogen-bond donors (Lipinski definition) is 1. The van der Waals surface area contributed by atoms with Crippen LogP contribution in [-0.4, -0.2) is 60.4 Å². The van der Waals surface area contributed by atoms with Gasteiger partial charge in [-0.1, -0.05) is 0 Å². The summed E-state index contributed by atoms with van der Waals surface area (Å²) >= 11 is 0. The molecule has 0 bridgehead atoms. The van der Waals surface area contributed by atoms with Crippen LogP contribution in [0.25, 0.3) is 0 Å². The second-order valence-corrected chi connectivity index (χ2v) is 4.95. The van der Waals surface area contributed by atoms with Crippen LogP contribution in [0, 0.1) is 11.6 Å². The number of amides is 4. The first-order valence-electron chi connectivity index (χ1n) is 6.74. The van der Waals surface area contributed by atoms with Crippen LogP contribution in [0.2, 0.25) is 0 Å². The smallest absolute Gasteiger partial charge is 0.327 e. The minimum atomic E-state index is -0.984. The molecular weight excluding hydrogens is 328 g/mol. The Morgan fingerprint density at radius 1 is 1.29 bits per heavy atom. The largest absolute Gasteiger partial charge is 0.454 e. The number of nitrogens with zero attached hydrogens (tertiary/aromatic N) is 2. The molecule has 128 valence electrons. The van der Waals surface area contributed by atoms with E-state index in [0.717, 1.165) is 23.1 Å². The molecule has 0 saturated carbocycles. The number of nitrogens with one attached hydrogen (secondary N) is 1. The summed E-state index contributed by atoms with van der Waals surface area (Å²) in [5.74, 6) is -4.05. The van der Waals surface area contributed by atoms with Crippen LogP contribution in [-0.2, 0) is 19.1 Å². The fourth-order valence-corrected chi connectivity index (χ4v) is 1.92. The molecule has 1 heterocycles. The third-order valence-electron chi connectivity index (χ3n) is 3.08. The van der Waals surface area contributed by atoms with Crippen molar-refractivity contribution in [3.8, 4) is 0 Å². The zero-order valence-electron chi connectivity index (χ0n) is 12.5. The number of imide groups is 1. The van der Waals surface area contributed by atoms with Gasteiger partial charge in [0.15, 0.2) is 6.61 Å². The van der Waals surface area contributed by atoms with Gasteiger partial charge in [0.25, 0.3) is 11.8 Å². The summed E-state index contributed by atoms with van der Waals surface area (Å²) in [5, 5.41) is 2.04. The minimum Gasteiger partial charge on any atom is -0.454 e. The maximum absolute atomic E-state index is 13.3. The standard InChI is InChI=1S/C14H13F2N3O5/c1-18-5-12(21)19(14(18)23)6-13(22)24-7-11(20)17-10-4-8(15)2-3-9(10)16/h2-4H,5-7H2,1H3,(H,17,20). The molecule has 1 aromatic carbocycles. The summed E-state index contributed by atoms with van der Waals surface area (Å²) in [7, 11) is 1.40. The molecule has 0 aromatic heterocycles. The van der Waals surface area contributed by atoms with Gasteiger partial charge in [-0.2, -0.15) is 0 Å². The van der Waals surface area contributed by atoms with Crippen molar-refractivity contribution in [1.29, 1.82) is 0 Å². The average molecular weight is 341 g/mol. The molecule has 0 spiro atoms. The molecule has 1 N–H and O–H groups in total. The second kappa shape index (κ2) is 7.02. The van der Waals surface area contributed by atoms with Gasteiger partial charge in [0.2, 0.25) is 0 Å². The van der Waals surface area contributed by atoms with Crippen LogP contribution < -0.4 is 5.32 Å². The molecule has 0 unspecified atom stereocenters. The fourth-order valence-electron chi connectivity index (χ4n) is 1.92. The highest BCUT2D eigenvalue weighted by Gasteiger charge is 2.35. The van der Waals surface area contributed by atoms with Crippen molar-refractivity contribution in [1.82, 2.24) is 9.80 Å². The molecule has 1 saturated heterocycles. The predicted octanol–water partition coefficient (Wildman–Crippen LogP) is 0.340. The third-order valence-corrected chi connectivity index (χ3v) is 3.08. The fraction of sp³-hybridized carbons (Fsp3) is 0.286. The maximum atomic E-state index is 13.3. The summed E-state index contributed by atoms with van der Waals surface area (Å²) in [6, 6.07) is 1.83. The number of carbonyl (C=O) groups is 4. The van der Waals surface area contributed by atoms with Crippen molar-refractivity contribution >= 4 is 29.5 Å². The van der Waals surface area contributed by atoms with Crippen molar-refractivity contribution < 1.29 is 32.7 Å². The lowest BCUT2D eigenvalue weighted by Gasteiger charge is -2.13. The van der Waals surface area contributed by atoms with E-state index < -0.39 is 54.3 Å². The number of rotatable bonds is 5. The lowest BCUT2D eigenvalue weighted by atomic mass is 10.3. The van der Waals surface area contributed by atoms with E-state index in [0.29, 0.717) is 4.90 Å². The molecule has 1 aliphatic rings.